The summed E-state index contributed by atoms with van der Waals surface area (Å²) in [6.45, 7) is 1.28. The molecule has 0 radical (unpaired) electrons. The molecule has 3 amide bonds. The molecule has 1 atom stereocenters. The fourth-order valence-electron chi connectivity index (χ4n) is 5.97. The average molecular weight is 596 g/mol. The molecule has 5 heterocycles. The van der Waals surface area contributed by atoms with Gasteiger partial charge in [0.25, 0.3) is 5.91 Å². The van der Waals surface area contributed by atoms with Crippen LogP contribution < -0.4 is 24.8 Å². The third-order valence-electron chi connectivity index (χ3n) is 8.06. The largest absolute Gasteiger partial charge is 0.497 e. The SMILES string of the molecule is COc1ccc2c(c1)sc1nc(-c3ccc4c(c3)CN(C3CCC(=O)NC3=O)C4=O)c(Nc3ccc4c(c3)OCCO4)n12. The molecule has 0 saturated carbocycles. The zero-order valence-electron chi connectivity index (χ0n) is 23.0. The minimum absolute atomic E-state index is 0.210. The molecule has 12 heteroatoms. The Morgan fingerprint density at radius 2 is 1.88 bits per heavy atom. The van der Waals surface area contributed by atoms with E-state index in [1.807, 2.05) is 48.5 Å². The molecular formula is C31H25N5O6S. The van der Waals surface area contributed by atoms with Gasteiger partial charge in [-0.2, -0.15) is 0 Å². The number of fused-ring (bicyclic) bond motifs is 5. The van der Waals surface area contributed by atoms with Gasteiger partial charge in [-0.1, -0.05) is 17.4 Å². The van der Waals surface area contributed by atoms with E-state index in [0.717, 1.165) is 43.6 Å². The fourth-order valence-corrected chi connectivity index (χ4v) is 7.03. The van der Waals surface area contributed by atoms with Gasteiger partial charge in [0, 0.05) is 35.8 Å². The number of amides is 3. The van der Waals surface area contributed by atoms with Crippen LogP contribution in [0.1, 0.15) is 28.8 Å². The maximum Gasteiger partial charge on any atom is 0.255 e. The van der Waals surface area contributed by atoms with Crippen molar-refractivity contribution in [2.24, 2.45) is 0 Å². The van der Waals surface area contributed by atoms with Gasteiger partial charge >= 0.3 is 0 Å². The van der Waals surface area contributed by atoms with Gasteiger partial charge in [0.15, 0.2) is 16.5 Å². The van der Waals surface area contributed by atoms with Gasteiger partial charge in [-0.25, -0.2) is 4.98 Å². The maximum atomic E-state index is 13.3. The van der Waals surface area contributed by atoms with E-state index in [4.69, 9.17) is 19.2 Å². The Balaban J connectivity index is 1.21. The van der Waals surface area contributed by atoms with E-state index in [2.05, 4.69) is 15.0 Å². The van der Waals surface area contributed by atoms with Crippen LogP contribution in [-0.2, 0) is 16.1 Å². The second-order valence-electron chi connectivity index (χ2n) is 10.6. The summed E-state index contributed by atoms with van der Waals surface area (Å²) in [5, 5.41) is 5.93. The summed E-state index contributed by atoms with van der Waals surface area (Å²) in [5.74, 6) is 1.95. The first-order valence-electron chi connectivity index (χ1n) is 13.9. The summed E-state index contributed by atoms with van der Waals surface area (Å²) in [7, 11) is 1.65. The first-order valence-corrected chi connectivity index (χ1v) is 14.7. The van der Waals surface area contributed by atoms with Crippen LogP contribution in [0.2, 0.25) is 0 Å². The van der Waals surface area contributed by atoms with Gasteiger partial charge in [-0.15, -0.1) is 0 Å². The van der Waals surface area contributed by atoms with Crippen LogP contribution in [-0.4, -0.2) is 58.4 Å². The first-order chi connectivity index (χ1) is 21.0. The van der Waals surface area contributed by atoms with Crippen molar-refractivity contribution in [3.63, 3.8) is 0 Å². The lowest BCUT2D eigenvalue weighted by Crippen LogP contribution is -2.52. The van der Waals surface area contributed by atoms with Crippen LogP contribution >= 0.6 is 11.3 Å². The van der Waals surface area contributed by atoms with E-state index < -0.39 is 11.9 Å². The number of carbonyl (C=O) groups is 3. The topological polar surface area (TPSA) is 124 Å². The number of nitrogens with zero attached hydrogens (tertiary/aromatic N) is 3. The number of imidazole rings is 1. The monoisotopic (exact) mass is 595 g/mol. The smallest absolute Gasteiger partial charge is 0.255 e. The highest BCUT2D eigenvalue weighted by Crippen LogP contribution is 2.41. The van der Waals surface area contributed by atoms with Gasteiger partial charge in [0.2, 0.25) is 11.8 Å². The average Bonchev–Trinajstić information content (AvgIpc) is 3.66. The van der Waals surface area contributed by atoms with Crippen LogP contribution in [0.25, 0.3) is 26.4 Å². The number of carbonyl (C=O) groups excluding carboxylic acids is 3. The van der Waals surface area contributed by atoms with Crippen LogP contribution in [0.5, 0.6) is 17.2 Å². The van der Waals surface area contributed by atoms with Crippen molar-refractivity contribution in [2.75, 3.05) is 25.6 Å². The van der Waals surface area contributed by atoms with Crippen molar-refractivity contribution in [1.29, 1.82) is 0 Å². The van der Waals surface area contributed by atoms with Crippen LogP contribution in [0, 0.1) is 0 Å². The van der Waals surface area contributed by atoms with E-state index in [9.17, 15) is 14.4 Å². The van der Waals surface area contributed by atoms with E-state index in [1.54, 1.807) is 29.4 Å². The van der Waals surface area contributed by atoms with Crippen molar-refractivity contribution in [1.82, 2.24) is 19.6 Å². The number of rotatable bonds is 5. The second kappa shape index (κ2) is 9.73. The molecular weight excluding hydrogens is 570 g/mol. The molecule has 0 spiro atoms. The molecule has 11 nitrogen and oxygen atoms in total. The molecule has 0 bridgehead atoms. The van der Waals surface area contributed by atoms with Gasteiger partial charge in [0.05, 0.1) is 17.3 Å². The maximum absolute atomic E-state index is 13.3. The summed E-state index contributed by atoms with van der Waals surface area (Å²) in [5.41, 5.74) is 4.68. The van der Waals surface area contributed by atoms with Gasteiger partial charge in [0.1, 0.15) is 36.5 Å². The first kappa shape index (κ1) is 25.6. The molecule has 3 aliphatic heterocycles. The second-order valence-corrected chi connectivity index (χ2v) is 11.6. The molecule has 5 aromatic rings. The Bertz CT molecular complexity index is 2000. The summed E-state index contributed by atoms with van der Waals surface area (Å²) >= 11 is 1.55. The Labute approximate surface area is 249 Å². The number of hydrogen-bond acceptors (Lipinski definition) is 9. The Morgan fingerprint density at radius 1 is 1.02 bits per heavy atom. The van der Waals surface area contributed by atoms with Crippen LogP contribution in [0.15, 0.2) is 54.6 Å². The lowest BCUT2D eigenvalue weighted by atomic mass is 10.0. The molecule has 3 aromatic carbocycles. The lowest BCUT2D eigenvalue weighted by molar-refractivity contribution is -0.136. The quantitative estimate of drug-likeness (QED) is 0.285. The predicted molar refractivity (Wildman–Crippen MR) is 159 cm³/mol. The van der Waals surface area contributed by atoms with E-state index in [-0.39, 0.29) is 24.8 Å². The van der Waals surface area contributed by atoms with Gasteiger partial charge < -0.3 is 24.4 Å². The number of aromatic nitrogens is 2. The third-order valence-corrected chi connectivity index (χ3v) is 9.06. The molecule has 216 valence electrons. The highest BCUT2D eigenvalue weighted by Gasteiger charge is 2.39. The third kappa shape index (κ3) is 4.16. The van der Waals surface area contributed by atoms with Gasteiger partial charge in [-0.3, -0.25) is 24.1 Å². The normalized spacial score (nSPS) is 17.8. The summed E-state index contributed by atoms with van der Waals surface area (Å²) in [6.07, 6.45) is 0.526. The molecule has 43 heavy (non-hydrogen) atoms. The molecule has 3 aliphatic rings. The number of ether oxygens (including phenoxy) is 3. The Hall–Kier alpha value is -5.10. The van der Waals surface area contributed by atoms with Crippen molar-refractivity contribution >= 4 is 55.7 Å². The van der Waals surface area contributed by atoms with Crippen LogP contribution in [0.4, 0.5) is 11.5 Å². The zero-order valence-corrected chi connectivity index (χ0v) is 23.8. The van der Waals surface area contributed by atoms with Crippen molar-refractivity contribution in [2.45, 2.75) is 25.4 Å². The number of anilines is 2. The molecule has 0 aliphatic carbocycles. The fraction of sp³-hybridized carbons (Fsp3) is 0.226. The minimum Gasteiger partial charge on any atom is -0.497 e. The number of hydrogen-bond donors (Lipinski definition) is 2. The molecule has 8 rings (SSSR count). The van der Waals surface area contributed by atoms with Gasteiger partial charge in [-0.05, 0) is 54.4 Å². The van der Waals surface area contributed by atoms with E-state index >= 15 is 0 Å². The summed E-state index contributed by atoms with van der Waals surface area (Å²) in [6, 6.07) is 16.6. The Kier molecular flexibility index (Phi) is 5.79. The number of thiazole rings is 1. The molecule has 1 unspecified atom stereocenters. The number of piperidine rings is 1. The number of benzene rings is 3. The van der Waals surface area contributed by atoms with E-state index in [0.29, 0.717) is 42.4 Å². The predicted octanol–water partition coefficient (Wildman–Crippen LogP) is 4.50. The molecule has 1 fully saturated rings. The van der Waals surface area contributed by atoms with E-state index in [1.165, 1.54) is 0 Å². The van der Waals surface area contributed by atoms with Crippen molar-refractivity contribution in [3.8, 4) is 28.5 Å². The lowest BCUT2D eigenvalue weighted by Gasteiger charge is -2.29. The summed E-state index contributed by atoms with van der Waals surface area (Å²) < 4.78 is 20.1. The minimum atomic E-state index is -0.671. The van der Waals surface area contributed by atoms with Crippen LogP contribution in [0.3, 0.4) is 0 Å². The number of nitrogens with one attached hydrogen (secondary N) is 2. The molecule has 2 N–H and O–H groups in total. The highest BCUT2D eigenvalue weighted by molar-refractivity contribution is 7.23. The standard InChI is InChI=1S/C31H25N5O6S/c1-40-19-4-6-21-25(14-19)43-31-34-27(28(36(21)31)32-18-3-8-23-24(13-18)42-11-10-41-23)16-2-5-20-17(12-16)15-35(30(20)39)22-7-9-26(37)33-29(22)38/h2-6,8,12-14,22,32H,7,9-11,15H2,1H3,(H,33,37,38). The van der Waals surface area contributed by atoms with Crippen molar-refractivity contribution in [3.05, 3.63) is 65.7 Å². The molecule has 2 aromatic heterocycles. The molecule has 1 saturated heterocycles. The zero-order chi connectivity index (χ0) is 29.2. The van der Waals surface area contributed by atoms with Crippen molar-refractivity contribution < 1.29 is 28.6 Å². The number of methoxy groups -OCH3 is 1. The highest BCUT2D eigenvalue weighted by atomic mass is 32.1. The number of imide groups is 1. The summed E-state index contributed by atoms with van der Waals surface area (Å²) in [4.78, 5) is 44.9. The Morgan fingerprint density at radius 3 is 2.72 bits per heavy atom.